The van der Waals surface area contributed by atoms with Crippen LogP contribution in [0.4, 0.5) is 5.82 Å². The Labute approximate surface area is 99.2 Å². The van der Waals surface area contributed by atoms with Gasteiger partial charge < -0.3 is 5.32 Å². The van der Waals surface area contributed by atoms with E-state index in [9.17, 15) is 4.79 Å². The Kier molecular flexibility index (Phi) is 2.36. The number of carbonyl (C=O) groups excluding carboxylic acids is 1. The van der Waals surface area contributed by atoms with Crippen molar-refractivity contribution >= 4 is 23.3 Å². The van der Waals surface area contributed by atoms with Gasteiger partial charge in [0, 0.05) is 5.92 Å². The van der Waals surface area contributed by atoms with Crippen LogP contribution in [0.5, 0.6) is 0 Å². The van der Waals surface area contributed by atoms with Crippen molar-refractivity contribution in [3.05, 3.63) is 23.4 Å². The van der Waals surface area contributed by atoms with Gasteiger partial charge in [-0.15, -0.1) is 0 Å². The monoisotopic (exact) mass is 236 g/mol. The topological polar surface area (TPSA) is 42.0 Å². The number of hydrogen-bond donors (Lipinski definition) is 1. The van der Waals surface area contributed by atoms with E-state index in [0.717, 1.165) is 0 Å². The summed E-state index contributed by atoms with van der Waals surface area (Å²) < 4.78 is 0. The smallest absolute Gasteiger partial charge is 0.229 e. The minimum absolute atomic E-state index is 0.115. The van der Waals surface area contributed by atoms with Crippen molar-refractivity contribution < 1.29 is 4.79 Å². The molecule has 0 spiro atoms. The van der Waals surface area contributed by atoms with Crippen LogP contribution in [0.1, 0.15) is 19.3 Å². The Morgan fingerprint density at radius 1 is 1.38 bits per heavy atom. The molecule has 2 aliphatic carbocycles. The molecule has 4 heteroatoms. The number of hydrogen-bond acceptors (Lipinski definition) is 2. The van der Waals surface area contributed by atoms with Gasteiger partial charge in [-0.1, -0.05) is 24.1 Å². The largest absolute Gasteiger partial charge is 0.310 e. The lowest BCUT2D eigenvalue weighted by Crippen LogP contribution is -2.17. The highest BCUT2D eigenvalue weighted by Gasteiger charge is 2.56. The van der Waals surface area contributed by atoms with E-state index in [1.807, 2.05) is 0 Å². The number of anilines is 1. The number of halogens is 1. The fraction of sp³-hybridized carbons (Fsp3) is 0.500. The summed E-state index contributed by atoms with van der Waals surface area (Å²) in [6.45, 7) is 0. The highest BCUT2D eigenvalue weighted by molar-refractivity contribution is 6.29. The molecule has 0 saturated heterocycles. The second kappa shape index (κ2) is 3.74. The van der Waals surface area contributed by atoms with Crippen LogP contribution in [0.2, 0.25) is 5.15 Å². The molecule has 2 saturated carbocycles. The highest BCUT2D eigenvalue weighted by atomic mass is 35.5. The minimum Gasteiger partial charge on any atom is -0.310 e. The molecule has 1 aromatic heterocycles. The molecule has 2 aliphatic rings. The normalized spacial score (nSPS) is 30.9. The third-order valence-electron chi connectivity index (χ3n) is 3.68. The van der Waals surface area contributed by atoms with Crippen molar-refractivity contribution in [3.8, 4) is 0 Å². The van der Waals surface area contributed by atoms with E-state index in [0.29, 0.717) is 22.8 Å². The molecule has 84 valence electrons. The molecule has 16 heavy (non-hydrogen) atoms. The molecular formula is C12H13ClN2O. The number of nitrogens with zero attached hydrogens (tertiary/aromatic N) is 1. The molecule has 1 amide bonds. The Bertz CT molecular complexity index is 425. The van der Waals surface area contributed by atoms with Crippen LogP contribution in [-0.2, 0) is 4.79 Å². The molecule has 1 N–H and O–H groups in total. The maximum atomic E-state index is 11.9. The summed E-state index contributed by atoms with van der Waals surface area (Å²) in [4.78, 5) is 16.0. The summed E-state index contributed by atoms with van der Waals surface area (Å²) in [5, 5.41) is 3.25. The Hall–Kier alpha value is -1.09. The summed E-state index contributed by atoms with van der Waals surface area (Å²) in [5.74, 6) is 2.18. The van der Waals surface area contributed by atoms with Gasteiger partial charge in [0.1, 0.15) is 11.0 Å². The third-order valence-corrected chi connectivity index (χ3v) is 3.89. The molecule has 0 aromatic carbocycles. The van der Waals surface area contributed by atoms with E-state index >= 15 is 0 Å². The Balaban J connectivity index is 1.65. The molecule has 0 radical (unpaired) electrons. The number of amides is 1. The van der Waals surface area contributed by atoms with Gasteiger partial charge in [0.25, 0.3) is 0 Å². The van der Waals surface area contributed by atoms with Gasteiger partial charge in [0.05, 0.1) is 0 Å². The molecule has 2 atom stereocenters. The van der Waals surface area contributed by atoms with Gasteiger partial charge in [-0.25, -0.2) is 4.98 Å². The van der Waals surface area contributed by atoms with Crippen molar-refractivity contribution in [3.63, 3.8) is 0 Å². The van der Waals surface area contributed by atoms with Crippen molar-refractivity contribution in [1.82, 2.24) is 4.98 Å². The fourth-order valence-electron chi connectivity index (χ4n) is 2.90. The lowest BCUT2D eigenvalue weighted by molar-refractivity contribution is -0.118. The zero-order valence-electron chi connectivity index (χ0n) is 8.82. The van der Waals surface area contributed by atoms with Crippen LogP contribution in [0.3, 0.4) is 0 Å². The zero-order chi connectivity index (χ0) is 11.1. The van der Waals surface area contributed by atoms with Crippen LogP contribution >= 0.6 is 11.6 Å². The summed E-state index contributed by atoms with van der Waals surface area (Å²) in [6.07, 6.45) is 3.71. The van der Waals surface area contributed by atoms with Crippen molar-refractivity contribution in [1.29, 1.82) is 0 Å². The molecule has 1 heterocycles. The van der Waals surface area contributed by atoms with Gasteiger partial charge in [0.15, 0.2) is 0 Å². The maximum absolute atomic E-state index is 11.9. The summed E-state index contributed by atoms with van der Waals surface area (Å²) in [7, 11) is 0. The SMILES string of the molecule is O=C(Nc1cccc(Cl)n1)C1C2CCCC21. The lowest BCUT2D eigenvalue weighted by atomic mass is 10.1. The average molecular weight is 237 g/mol. The number of carbonyl (C=O) groups is 1. The molecule has 2 unspecified atom stereocenters. The maximum Gasteiger partial charge on any atom is 0.229 e. The van der Waals surface area contributed by atoms with Crippen LogP contribution < -0.4 is 5.32 Å². The number of rotatable bonds is 2. The van der Waals surface area contributed by atoms with E-state index in [4.69, 9.17) is 11.6 Å². The van der Waals surface area contributed by atoms with Crippen LogP contribution in [0.25, 0.3) is 0 Å². The standard InChI is InChI=1S/C12H13ClN2O/c13-9-5-2-6-10(14-9)15-12(16)11-7-3-1-4-8(7)11/h2,5-8,11H,1,3-4H2,(H,14,15,16). The van der Waals surface area contributed by atoms with E-state index < -0.39 is 0 Å². The van der Waals surface area contributed by atoms with Crippen molar-refractivity contribution in [2.45, 2.75) is 19.3 Å². The van der Waals surface area contributed by atoms with Gasteiger partial charge >= 0.3 is 0 Å². The number of aromatic nitrogens is 1. The highest BCUT2D eigenvalue weighted by Crippen LogP contribution is 2.57. The quantitative estimate of drug-likeness (QED) is 0.803. The molecule has 2 fully saturated rings. The molecule has 3 nitrogen and oxygen atoms in total. The first kappa shape index (κ1) is 10.1. The van der Waals surface area contributed by atoms with Crippen molar-refractivity contribution in [2.75, 3.05) is 5.32 Å². The van der Waals surface area contributed by atoms with Gasteiger partial charge in [-0.2, -0.15) is 0 Å². The first-order valence-corrected chi connectivity index (χ1v) is 6.07. The molecular weight excluding hydrogens is 224 g/mol. The van der Waals surface area contributed by atoms with Gasteiger partial charge in [-0.3, -0.25) is 4.79 Å². The van der Waals surface area contributed by atoms with Gasteiger partial charge in [-0.05, 0) is 36.8 Å². The van der Waals surface area contributed by atoms with E-state index in [1.165, 1.54) is 19.3 Å². The molecule has 0 aliphatic heterocycles. The second-order valence-corrected chi connectivity index (χ2v) is 5.01. The molecule has 3 rings (SSSR count). The molecule has 0 bridgehead atoms. The average Bonchev–Trinajstić information content (AvgIpc) is 2.73. The first-order valence-electron chi connectivity index (χ1n) is 5.69. The first-order chi connectivity index (χ1) is 7.75. The predicted molar refractivity (Wildman–Crippen MR) is 62.2 cm³/mol. The van der Waals surface area contributed by atoms with Crippen LogP contribution in [-0.4, -0.2) is 10.9 Å². The summed E-state index contributed by atoms with van der Waals surface area (Å²) in [5.41, 5.74) is 0. The van der Waals surface area contributed by atoms with E-state index in [1.54, 1.807) is 18.2 Å². The summed E-state index contributed by atoms with van der Waals surface area (Å²) >= 11 is 5.76. The lowest BCUT2D eigenvalue weighted by Gasteiger charge is -2.05. The molecule has 1 aromatic rings. The fourth-order valence-corrected chi connectivity index (χ4v) is 3.06. The third kappa shape index (κ3) is 1.69. The minimum atomic E-state index is 0.115. The Morgan fingerprint density at radius 3 is 2.81 bits per heavy atom. The number of fused-ring (bicyclic) bond motifs is 1. The van der Waals surface area contributed by atoms with E-state index in [-0.39, 0.29) is 11.8 Å². The number of pyridine rings is 1. The van der Waals surface area contributed by atoms with Crippen molar-refractivity contribution in [2.24, 2.45) is 17.8 Å². The predicted octanol–water partition coefficient (Wildman–Crippen LogP) is 2.72. The van der Waals surface area contributed by atoms with Crippen LogP contribution in [0.15, 0.2) is 18.2 Å². The van der Waals surface area contributed by atoms with Gasteiger partial charge in [0.2, 0.25) is 5.91 Å². The zero-order valence-corrected chi connectivity index (χ0v) is 9.57. The number of nitrogens with one attached hydrogen (secondary N) is 1. The van der Waals surface area contributed by atoms with Crippen LogP contribution in [0, 0.1) is 17.8 Å². The second-order valence-electron chi connectivity index (χ2n) is 4.62. The Morgan fingerprint density at radius 2 is 2.12 bits per heavy atom. The summed E-state index contributed by atoms with van der Waals surface area (Å²) in [6, 6.07) is 5.25. The van der Waals surface area contributed by atoms with E-state index in [2.05, 4.69) is 10.3 Å².